The number of nitrogens with two attached hydrogens (primary N) is 1. The van der Waals surface area contributed by atoms with E-state index in [0.717, 1.165) is 28.5 Å². The summed E-state index contributed by atoms with van der Waals surface area (Å²) in [4.78, 5) is 21.8. The van der Waals surface area contributed by atoms with E-state index in [1.54, 1.807) is 18.0 Å². The number of furan rings is 1. The number of rotatable bonds is 10. The van der Waals surface area contributed by atoms with Crippen LogP contribution in [0.4, 0.5) is 11.6 Å². The predicted octanol–water partition coefficient (Wildman–Crippen LogP) is 3.56. The van der Waals surface area contributed by atoms with Crippen LogP contribution in [0.1, 0.15) is 36.5 Å². The first kappa shape index (κ1) is 23.0. The molecule has 1 aromatic carbocycles. The van der Waals surface area contributed by atoms with Gasteiger partial charge in [0, 0.05) is 50.3 Å². The Labute approximate surface area is 187 Å². The van der Waals surface area contributed by atoms with Crippen molar-refractivity contribution in [2.75, 3.05) is 36.6 Å². The highest BCUT2D eigenvalue weighted by atomic mass is 32.2. The summed E-state index contributed by atoms with van der Waals surface area (Å²) in [6, 6.07) is 12.0. The minimum atomic E-state index is -0.166. The lowest BCUT2D eigenvalue weighted by molar-refractivity contribution is 0.435. The lowest BCUT2D eigenvalue weighted by Gasteiger charge is -2.21. The van der Waals surface area contributed by atoms with Crippen LogP contribution in [0, 0.1) is 0 Å². The number of hydrogen-bond donors (Lipinski definition) is 3. The van der Waals surface area contributed by atoms with Gasteiger partial charge in [0.15, 0.2) is 0 Å². The predicted molar refractivity (Wildman–Crippen MR) is 129 cm³/mol. The highest BCUT2D eigenvalue weighted by Gasteiger charge is 2.24. The van der Waals surface area contributed by atoms with Gasteiger partial charge >= 0.3 is 0 Å². The van der Waals surface area contributed by atoms with Crippen molar-refractivity contribution in [2.45, 2.75) is 31.6 Å². The van der Waals surface area contributed by atoms with Gasteiger partial charge in [-0.15, -0.1) is 11.8 Å². The molecule has 3 rings (SSSR count). The van der Waals surface area contributed by atoms with Crippen LogP contribution in [0.25, 0.3) is 0 Å². The Morgan fingerprint density at radius 3 is 2.74 bits per heavy atom. The summed E-state index contributed by atoms with van der Waals surface area (Å²) < 4.78 is 5.62. The first-order valence-corrected chi connectivity index (χ1v) is 11.3. The van der Waals surface area contributed by atoms with E-state index in [1.807, 2.05) is 49.3 Å². The smallest absolute Gasteiger partial charge is 0.255 e. The molecule has 0 aliphatic carbocycles. The molecule has 0 radical (unpaired) electrons. The molecule has 0 aliphatic rings. The number of aromatic nitrogens is 2. The molecule has 0 saturated carbocycles. The number of nitrogens with one attached hydrogen (secondary N) is 2. The molecule has 3 aromatic rings. The third-order valence-corrected chi connectivity index (χ3v) is 6.34. The molecule has 0 unspecified atom stereocenters. The minimum Gasteiger partial charge on any atom is -0.463 e. The second-order valence-electron chi connectivity index (χ2n) is 8.08. The van der Waals surface area contributed by atoms with Crippen LogP contribution >= 0.6 is 11.8 Å². The second kappa shape index (κ2) is 10.1. The second-order valence-corrected chi connectivity index (χ2v) is 9.80. The van der Waals surface area contributed by atoms with Gasteiger partial charge in [-0.2, -0.15) is 0 Å². The summed E-state index contributed by atoms with van der Waals surface area (Å²) in [7, 11) is 4.00. The standard InChI is InChI=1S/C23H31N5O2S/c1-23(2,20-9-8-19(14-24)30-20)31-11-10-25-22-26-15-17(21(29)27-22)12-16-6-5-7-18(13-16)28(3)4/h5-9,13,15H,10-12,14,24H2,1-4H3,(H2,25,26,27,29). The van der Waals surface area contributed by atoms with Gasteiger partial charge in [0.2, 0.25) is 5.95 Å². The van der Waals surface area contributed by atoms with E-state index >= 15 is 0 Å². The highest BCUT2D eigenvalue weighted by Crippen LogP contribution is 2.36. The average molecular weight is 442 g/mol. The van der Waals surface area contributed by atoms with Crippen LogP contribution in [0.2, 0.25) is 0 Å². The monoisotopic (exact) mass is 441 g/mol. The van der Waals surface area contributed by atoms with Gasteiger partial charge in [-0.3, -0.25) is 9.78 Å². The van der Waals surface area contributed by atoms with Crippen molar-refractivity contribution >= 4 is 23.4 Å². The summed E-state index contributed by atoms with van der Waals surface area (Å²) in [5, 5.41) is 3.20. The van der Waals surface area contributed by atoms with E-state index in [2.05, 4.69) is 35.2 Å². The lowest BCUT2D eigenvalue weighted by atomic mass is 10.1. The Morgan fingerprint density at radius 2 is 2.06 bits per heavy atom. The van der Waals surface area contributed by atoms with Gasteiger partial charge in [-0.25, -0.2) is 4.98 Å². The van der Waals surface area contributed by atoms with Gasteiger partial charge < -0.3 is 20.4 Å². The maximum Gasteiger partial charge on any atom is 0.255 e. The van der Waals surface area contributed by atoms with Gasteiger partial charge in [-0.05, 0) is 43.7 Å². The normalized spacial score (nSPS) is 11.5. The fraction of sp³-hybridized carbons (Fsp3) is 0.391. The maximum absolute atomic E-state index is 12.5. The molecule has 166 valence electrons. The molecule has 2 heterocycles. The van der Waals surface area contributed by atoms with Crippen LogP contribution in [-0.2, 0) is 17.7 Å². The van der Waals surface area contributed by atoms with E-state index in [9.17, 15) is 4.79 Å². The van der Waals surface area contributed by atoms with Crippen molar-refractivity contribution in [1.29, 1.82) is 0 Å². The zero-order valence-corrected chi connectivity index (χ0v) is 19.4. The molecular formula is C23H31N5O2S. The number of aromatic amines is 1. The molecule has 8 heteroatoms. The molecular weight excluding hydrogens is 410 g/mol. The Hall–Kier alpha value is -2.71. The van der Waals surface area contributed by atoms with E-state index in [4.69, 9.17) is 10.2 Å². The average Bonchev–Trinajstić information content (AvgIpc) is 3.24. The quantitative estimate of drug-likeness (QED) is 0.414. The van der Waals surface area contributed by atoms with Crippen LogP contribution in [0.5, 0.6) is 0 Å². The Bertz CT molecular complexity index is 1060. The maximum atomic E-state index is 12.5. The van der Waals surface area contributed by atoms with E-state index in [-0.39, 0.29) is 10.3 Å². The summed E-state index contributed by atoms with van der Waals surface area (Å²) in [6.07, 6.45) is 2.19. The van der Waals surface area contributed by atoms with E-state index in [1.165, 1.54) is 0 Å². The van der Waals surface area contributed by atoms with Crippen LogP contribution in [0.15, 0.2) is 51.8 Å². The molecule has 0 fully saturated rings. The summed E-state index contributed by atoms with van der Waals surface area (Å²) in [5.74, 6) is 3.01. The zero-order valence-electron chi connectivity index (χ0n) is 18.6. The van der Waals surface area contributed by atoms with Crippen molar-refractivity contribution in [3.63, 3.8) is 0 Å². The molecule has 7 nitrogen and oxygen atoms in total. The highest BCUT2D eigenvalue weighted by molar-refractivity contribution is 8.00. The number of thioether (sulfide) groups is 1. The van der Waals surface area contributed by atoms with E-state index < -0.39 is 0 Å². The molecule has 0 amide bonds. The molecule has 0 bridgehead atoms. The van der Waals surface area contributed by atoms with Gasteiger partial charge in [0.1, 0.15) is 11.5 Å². The molecule has 4 N–H and O–H groups in total. The zero-order chi connectivity index (χ0) is 22.4. The molecule has 2 aromatic heterocycles. The molecule has 31 heavy (non-hydrogen) atoms. The number of nitrogens with zero attached hydrogens (tertiary/aromatic N) is 2. The Kier molecular flexibility index (Phi) is 7.46. The topological polar surface area (TPSA) is 100 Å². The van der Waals surface area contributed by atoms with Crippen molar-refractivity contribution in [3.8, 4) is 0 Å². The first-order chi connectivity index (χ1) is 14.8. The minimum absolute atomic E-state index is 0.120. The fourth-order valence-electron chi connectivity index (χ4n) is 3.16. The third kappa shape index (κ3) is 6.15. The summed E-state index contributed by atoms with van der Waals surface area (Å²) in [6.45, 7) is 5.32. The van der Waals surface area contributed by atoms with Gasteiger partial charge in [0.05, 0.1) is 11.3 Å². The SMILES string of the molecule is CN(C)c1cccc(Cc2cnc(NCCSC(C)(C)c3ccc(CN)o3)[nH]c2=O)c1. The van der Waals surface area contributed by atoms with Crippen LogP contribution in [-0.4, -0.2) is 36.4 Å². The van der Waals surface area contributed by atoms with Crippen molar-refractivity contribution in [1.82, 2.24) is 9.97 Å². The number of benzene rings is 1. The first-order valence-electron chi connectivity index (χ1n) is 10.3. The number of anilines is 2. The van der Waals surface area contributed by atoms with Crippen molar-refractivity contribution in [3.05, 3.63) is 75.6 Å². The fourth-order valence-corrected chi connectivity index (χ4v) is 4.13. The van der Waals surface area contributed by atoms with Gasteiger partial charge in [0.25, 0.3) is 5.56 Å². The number of hydrogen-bond acceptors (Lipinski definition) is 7. The number of H-pyrrole nitrogens is 1. The van der Waals surface area contributed by atoms with Crippen molar-refractivity contribution < 1.29 is 4.42 Å². The molecule has 0 atom stereocenters. The molecule has 0 saturated heterocycles. The van der Waals surface area contributed by atoms with Crippen LogP contribution in [0.3, 0.4) is 0 Å². The molecule has 0 aliphatic heterocycles. The largest absolute Gasteiger partial charge is 0.463 e. The summed E-state index contributed by atoms with van der Waals surface area (Å²) in [5.41, 5.74) is 8.34. The lowest BCUT2D eigenvalue weighted by Crippen LogP contribution is -2.19. The van der Waals surface area contributed by atoms with Gasteiger partial charge in [-0.1, -0.05) is 12.1 Å². The Morgan fingerprint density at radius 1 is 1.26 bits per heavy atom. The van der Waals surface area contributed by atoms with E-state index in [0.29, 0.717) is 31.0 Å². The third-order valence-electron chi connectivity index (χ3n) is 5.01. The van der Waals surface area contributed by atoms with Crippen molar-refractivity contribution in [2.24, 2.45) is 5.73 Å². The molecule has 0 spiro atoms. The summed E-state index contributed by atoms with van der Waals surface area (Å²) >= 11 is 1.77. The Balaban J connectivity index is 1.53. The van der Waals surface area contributed by atoms with Crippen LogP contribution < -0.4 is 21.5 Å².